The molecular weight excluding hydrogens is 286 g/mol. The number of ether oxygens (including phenoxy) is 1. The Labute approximate surface area is 129 Å². The van der Waals surface area contributed by atoms with Crippen LogP contribution in [0.1, 0.15) is 24.2 Å². The van der Waals surface area contributed by atoms with Crippen LogP contribution in [0.25, 0.3) is 0 Å². The van der Waals surface area contributed by atoms with Crippen LogP contribution in [-0.4, -0.2) is 37.5 Å². The number of nitrogens with one attached hydrogen (secondary N) is 2. The van der Waals surface area contributed by atoms with Crippen molar-refractivity contribution in [3.8, 4) is 0 Å². The topological polar surface area (TPSA) is 111 Å². The minimum Gasteiger partial charge on any atom is -0.468 e. The maximum atomic E-state index is 11.9. The lowest BCUT2D eigenvalue weighted by Crippen LogP contribution is -2.34. The van der Waals surface area contributed by atoms with E-state index in [1.54, 1.807) is 38.1 Å². The van der Waals surface area contributed by atoms with Crippen molar-refractivity contribution in [2.45, 2.75) is 19.9 Å². The molecule has 2 atom stereocenters. The Hall–Kier alpha value is -2.41. The molecular formula is C15H21N3O4. The summed E-state index contributed by atoms with van der Waals surface area (Å²) in [5.41, 5.74) is 6.62. The molecule has 2 amide bonds. The van der Waals surface area contributed by atoms with Gasteiger partial charge in [0, 0.05) is 17.3 Å². The summed E-state index contributed by atoms with van der Waals surface area (Å²) < 4.78 is 4.43. The molecule has 120 valence electrons. The van der Waals surface area contributed by atoms with Gasteiger partial charge in [0.1, 0.15) is 6.54 Å². The molecule has 1 aromatic carbocycles. The van der Waals surface area contributed by atoms with E-state index in [-0.39, 0.29) is 24.4 Å². The van der Waals surface area contributed by atoms with Gasteiger partial charge in [0.15, 0.2) is 0 Å². The minimum absolute atomic E-state index is 0.183. The van der Waals surface area contributed by atoms with E-state index >= 15 is 0 Å². The molecule has 0 saturated heterocycles. The summed E-state index contributed by atoms with van der Waals surface area (Å²) in [5, 5.41) is 5.15. The number of amides is 2. The molecule has 0 fully saturated rings. The normalized spacial score (nSPS) is 12.9. The van der Waals surface area contributed by atoms with Crippen LogP contribution >= 0.6 is 0 Å². The number of esters is 1. The number of benzene rings is 1. The highest BCUT2D eigenvalue weighted by Gasteiger charge is 2.17. The van der Waals surface area contributed by atoms with Gasteiger partial charge in [-0.1, -0.05) is 6.92 Å². The van der Waals surface area contributed by atoms with Crippen LogP contribution < -0.4 is 16.4 Å². The smallest absolute Gasteiger partial charge is 0.325 e. The molecule has 7 heteroatoms. The van der Waals surface area contributed by atoms with Crippen LogP contribution in [0.4, 0.5) is 5.69 Å². The van der Waals surface area contributed by atoms with Gasteiger partial charge in [-0.05, 0) is 31.2 Å². The van der Waals surface area contributed by atoms with Crippen molar-refractivity contribution in [1.29, 1.82) is 0 Å². The molecule has 0 bridgehead atoms. The second kappa shape index (κ2) is 8.14. The molecule has 0 saturated carbocycles. The van der Waals surface area contributed by atoms with E-state index in [9.17, 15) is 14.4 Å². The van der Waals surface area contributed by atoms with Gasteiger partial charge in [0.25, 0.3) is 5.91 Å². The fraction of sp³-hybridized carbons (Fsp3) is 0.400. The van der Waals surface area contributed by atoms with E-state index in [0.717, 1.165) is 0 Å². The first-order valence-electron chi connectivity index (χ1n) is 6.86. The molecule has 0 spiro atoms. The molecule has 2 unspecified atom stereocenters. The van der Waals surface area contributed by atoms with Crippen molar-refractivity contribution in [3.63, 3.8) is 0 Å². The van der Waals surface area contributed by atoms with Crippen molar-refractivity contribution in [2.24, 2.45) is 11.7 Å². The predicted octanol–water partition coefficient (Wildman–Crippen LogP) is 0.511. The fourth-order valence-corrected chi connectivity index (χ4v) is 1.53. The van der Waals surface area contributed by atoms with Crippen LogP contribution in [0.2, 0.25) is 0 Å². The summed E-state index contributed by atoms with van der Waals surface area (Å²) >= 11 is 0. The predicted molar refractivity (Wildman–Crippen MR) is 82.2 cm³/mol. The Bertz CT molecular complexity index is 540. The third-order valence-corrected chi connectivity index (χ3v) is 3.24. The van der Waals surface area contributed by atoms with Crippen LogP contribution in [0, 0.1) is 5.92 Å². The maximum absolute atomic E-state index is 11.9. The van der Waals surface area contributed by atoms with E-state index in [1.807, 2.05) is 0 Å². The monoisotopic (exact) mass is 307 g/mol. The van der Waals surface area contributed by atoms with Gasteiger partial charge in [-0.15, -0.1) is 0 Å². The number of hydrogen-bond acceptors (Lipinski definition) is 5. The quantitative estimate of drug-likeness (QED) is 0.663. The summed E-state index contributed by atoms with van der Waals surface area (Å²) in [4.78, 5) is 34.6. The Balaban J connectivity index is 2.61. The van der Waals surface area contributed by atoms with E-state index < -0.39 is 11.9 Å². The van der Waals surface area contributed by atoms with Gasteiger partial charge < -0.3 is 21.1 Å². The Morgan fingerprint density at radius 3 is 2.27 bits per heavy atom. The molecule has 7 nitrogen and oxygen atoms in total. The fourth-order valence-electron chi connectivity index (χ4n) is 1.53. The lowest BCUT2D eigenvalue weighted by atomic mass is 10.0. The van der Waals surface area contributed by atoms with Gasteiger partial charge in [-0.2, -0.15) is 0 Å². The standard InChI is InChI=1S/C15H21N3O4/c1-9(10(2)16)14(20)18-12-6-4-11(5-7-12)15(21)17-8-13(19)22-3/h4-7,9-10H,8,16H2,1-3H3,(H,17,21)(H,18,20). The Morgan fingerprint density at radius 2 is 1.77 bits per heavy atom. The molecule has 0 heterocycles. The van der Waals surface area contributed by atoms with Crippen LogP contribution in [-0.2, 0) is 14.3 Å². The largest absolute Gasteiger partial charge is 0.468 e. The van der Waals surface area contributed by atoms with Gasteiger partial charge >= 0.3 is 5.97 Å². The van der Waals surface area contributed by atoms with Gasteiger partial charge in [-0.25, -0.2) is 0 Å². The average Bonchev–Trinajstić information content (AvgIpc) is 2.51. The lowest BCUT2D eigenvalue weighted by molar-refractivity contribution is -0.139. The second-order valence-electron chi connectivity index (χ2n) is 4.97. The zero-order valence-corrected chi connectivity index (χ0v) is 12.9. The van der Waals surface area contributed by atoms with Crippen LogP contribution in [0.5, 0.6) is 0 Å². The summed E-state index contributed by atoms with van der Waals surface area (Å²) in [6.07, 6.45) is 0. The summed E-state index contributed by atoms with van der Waals surface area (Å²) in [5.74, 6) is -1.42. The number of rotatable bonds is 6. The van der Waals surface area contributed by atoms with Crippen molar-refractivity contribution in [3.05, 3.63) is 29.8 Å². The molecule has 1 rings (SSSR count). The highest BCUT2D eigenvalue weighted by Crippen LogP contribution is 2.12. The van der Waals surface area contributed by atoms with Crippen molar-refractivity contribution < 1.29 is 19.1 Å². The van der Waals surface area contributed by atoms with E-state index in [0.29, 0.717) is 11.3 Å². The maximum Gasteiger partial charge on any atom is 0.325 e. The highest BCUT2D eigenvalue weighted by atomic mass is 16.5. The van der Waals surface area contributed by atoms with E-state index in [2.05, 4.69) is 15.4 Å². The Morgan fingerprint density at radius 1 is 1.18 bits per heavy atom. The third-order valence-electron chi connectivity index (χ3n) is 3.24. The van der Waals surface area contributed by atoms with Gasteiger partial charge in [0.2, 0.25) is 5.91 Å². The summed E-state index contributed by atoms with van der Waals surface area (Å²) in [7, 11) is 1.25. The third kappa shape index (κ3) is 5.17. The molecule has 4 N–H and O–H groups in total. The van der Waals surface area contributed by atoms with E-state index in [4.69, 9.17) is 5.73 Å². The van der Waals surface area contributed by atoms with Crippen LogP contribution in [0.3, 0.4) is 0 Å². The SMILES string of the molecule is COC(=O)CNC(=O)c1ccc(NC(=O)C(C)C(C)N)cc1. The van der Waals surface area contributed by atoms with Gasteiger partial charge in [-0.3, -0.25) is 14.4 Å². The number of hydrogen-bond donors (Lipinski definition) is 3. The molecule has 22 heavy (non-hydrogen) atoms. The Kier molecular flexibility index (Phi) is 6.52. The number of carbonyl (C=O) groups is 3. The second-order valence-corrected chi connectivity index (χ2v) is 4.97. The number of anilines is 1. The number of carbonyl (C=O) groups excluding carboxylic acids is 3. The molecule has 0 radical (unpaired) electrons. The number of methoxy groups -OCH3 is 1. The van der Waals surface area contributed by atoms with Crippen molar-refractivity contribution in [2.75, 3.05) is 19.0 Å². The van der Waals surface area contributed by atoms with E-state index in [1.165, 1.54) is 7.11 Å². The van der Waals surface area contributed by atoms with Crippen LogP contribution in [0.15, 0.2) is 24.3 Å². The molecule has 0 aliphatic heterocycles. The van der Waals surface area contributed by atoms with Gasteiger partial charge in [0.05, 0.1) is 13.0 Å². The molecule has 1 aromatic rings. The van der Waals surface area contributed by atoms with Crippen molar-refractivity contribution in [1.82, 2.24) is 5.32 Å². The average molecular weight is 307 g/mol. The zero-order chi connectivity index (χ0) is 16.7. The molecule has 0 aromatic heterocycles. The zero-order valence-electron chi connectivity index (χ0n) is 12.9. The lowest BCUT2D eigenvalue weighted by Gasteiger charge is -2.15. The minimum atomic E-state index is -0.526. The summed E-state index contributed by atoms with van der Waals surface area (Å²) in [6.45, 7) is 3.31. The number of nitrogens with two attached hydrogens (primary N) is 1. The molecule has 0 aliphatic rings. The first-order valence-corrected chi connectivity index (χ1v) is 6.86. The van der Waals surface area contributed by atoms with Crippen molar-refractivity contribution >= 4 is 23.5 Å². The molecule has 0 aliphatic carbocycles. The summed E-state index contributed by atoms with van der Waals surface area (Å²) in [6, 6.07) is 6.08. The first kappa shape index (κ1) is 17.6. The first-order chi connectivity index (χ1) is 10.3. The highest BCUT2D eigenvalue weighted by molar-refractivity contribution is 5.97.